The summed E-state index contributed by atoms with van der Waals surface area (Å²) in [5, 5.41) is 17.0. The van der Waals surface area contributed by atoms with Gasteiger partial charge in [0.25, 0.3) is 0 Å². The Morgan fingerprint density at radius 1 is 1.38 bits per heavy atom. The van der Waals surface area contributed by atoms with Crippen molar-refractivity contribution in [2.45, 2.75) is 19.1 Å². The van der Waals surface area contributed by atoms with Crippen LogP contribution in [0.2, 0.25) is 10.0 Å². The standard InChI is InChI=1S/C14H16Cl2N2O2S/c1-9(14-17-4-5-21-14)18-7-10(19)8-20-11-2-3-12(15)13(16)6-11/h2-6,9-10,18-19H,7-8H2,1H3. The maximum Gasteiger partial charge on any atom is 0.121 e. The number of nitrogens with zero attached hydrogens (tertiary/aromatic N) is 1. The van der Waals surface area contributed by atoms with Gasteiger partial charge in [-0.05, 0) is 19.1 Å². The highest BCUT2D eigenvalue weighted by molar-refractivity contribution is 7.09. The Labute approximate surface area is 137 Å². The number of hydrogen-bond donors (Lipinski definition) is 2. The molecule has 0 spiro atoms. The number of hydrogen-bond acceptors (Lipinski definition) is 5. The van der Waals surface area contributed by atoms with Gasteiger partial charge in [0, 0.05) is 24.2 Å². The van der Waals surface area contributed by atoms with E-state index in [0.717, 1.165) is 5.01 Å². The molecule has 21 heavy (non-hydrogen) atoms. The van der Waals surface area contributed by atoms with E-state index in [9.17, 15) is 5.11 Å². The van der Waals surface area contributed by atoms with Gasteiger partial charge in [0.2, 0.25) is 0 Å². The van der Waals surface area contributed by atoms with E-state index in [1.165, 1.54) is 0 Å². The van der Waals surface area contributed by atoms with Crippen molar-refractivity contribution in [3.05, 3.63) is 44.8 Å². The van der Waals surface area contributed by atoms with Gasteiger partial charge in [-0.15, -0.1) is 11.3 Å². The summed E-state index contributed by atoms with van der Waals surface area (Å²) >= 11 is 13.3. The number of aromatic nitrogens is 1. The van der Waals surface area contributed by atoms with Crippen LogP contribution in [0.5, 0.6) is 5.75 Å². The molecule has 4 nitrogen and oxygen atoms in total. The second-order valence-electron chi connectivity index (χ2n) is 4.54. The van der Waals surface area contributed by atoms with Crippen LogP contribution in [0.15, 0.2) is 29.8 Å². The van der Waals surface area contributed by atoms with Gasteiger partial charge in [-0.3, -0.25) is 0 Å². The van der Waals surface area contributed by atoms with E-state index in [-0.39, 0.29) is 12.6 Å². The van der Waals surface area contributed by atoms with Crippen LogP contribution in [0, 0.1) is 0 Å². The summed E-state index contributed by atoms with van der Waals surface area (Å²) < 4.78 is 5.48. The van der Waals surface area contributed by atoms with E-state index < -0.39 is 6.10 Å². The fourth-order valence-corrected chi connectivity index (χ4v) is 2.62. The third kappa shape index (κ3) is 5.13. The zero-order valence-electron chi connectivity index (χ0n) is 11.4. The molecule has 114 valence electrons. The Balaban J connectivity index is 1.74. The summed E-state index contributed by atoms with van der Waals surface area (Å²) in [6.45, 7) is 2.60. The van der Waals surface area contributed by atoms with Crippen molar-refractivity contribution in [2.75, 3.05) is 13.2 Å². The van der Waals surface area contributed by atoms with E-state index in [1.807, 2.05) is 12.3 Å². The van der Waals surface area contributed by atoms with E-state index >= 15 is 0 Å². The molecule has 2 unspecified atom stereocenters. The number of benzene rings is 1. The van der Waals surface area contributed by atoms with Crippen LogP contribution >= 0.6 is 34.5 Å². The number of aliphatic hydroxyl groups is 1. The third-order valence-electron chi connectivity index (χ3n) is 2.81. The van der Waals surface area contributed by atoms with E-state index in [1.54, 1.807) is 35.7 Å². The minimum atomic E-state index is -0.623. The number of nitrogens with one attached hydrogen (secondary N) is 1. The normalized spacial score (nSPS) is 13.9. The quantitative estimate of drug-likeness (QED) is 0.804. The molecule has 0 aliphatic carbocycles. The molecule has 0 amide bonds. The average molecular weight is 347 g/mol. The van der Waals surface area contributed by atoms with Crippen LogP contribution in [0.3, 0.4) is 0 Å². The topological polar surface area (TPSA) is 54.4 Å². The zero-order chi connectivity index (χ0) is 15.2. The minimum absolute atomic E-state index is 0.102. The number of ether oxygens (including phenoxy) is 1. The van der Waals surface area contributed by atoms with Crippen LogP contribution < -0.4 is 10.1 Å². The van der Waals surface area contributed by atoms with Crippen LogP contribution in [-0.2, 0) is 0 Å². The number of halogens is 2. The molecule has 0 radical (unpaired) electrons. The van der Waals surface area contributed by atoms with Crippen LogP contribution in [0.25, 0.3) is 0 Å². The summed E-state index contributed by atoms with van der Waals surface area (Å²) in [7, 11) is 0. The number of aliphatic hydroxyl groups excluding tert-OH is 1. The minimum Gasteiger partial charge on any atom is -0.491 e. The third-order valence-corrected chi connectivity index (χ3v) is 4.51. The molecule has 0 saturated carbocycles. The first kappa shape index (κ1) is 16.5. The average Bonchev–Trinajstić information content (AvgIpc) is 3.00. The van der Waals surface area contributed by atoms with Crippen molar-refractivity contribution in [1.82, 2.24) is 10.3 Å². The summed E-state index contributed by atoms with van der Waals surface area (Å²) in [5.74, 6) is 0.580. The van der Waals surface area contributed by atoms with E-state index in [0.29, 0.717) is 22.3 Å². The van der Waals surface area contributed by atoms with Gasteiger partial charge in [0.15, 0.2) is 0 Å². The number of rotatable bonds is 7. The molecule has 1 heterocycles. The Hall–Kier alpha value is -0.850. The van der Waals surface area contributed by atoms with Gasteiger partial charge in [0.05, 0.1) is 16.1 Å². The first-order chi connectivity index (χ1) is 10.1. The summed E-state index contributed by atoms with van der Waals surface area (Å²) in [6, 6.07) is 5.10. The van der Waals surface area contributed by atoms with Gasteiger partial charge < -0.3 is 15.2 Å². The van der Waals surface area contributed by atoms with Gasteiger partial charge in [-0.2, -0.15) is 0 Å². The molecule has 2 atom stereocenters. The Kier molecular flexibility index (Phi) is 6.26. The van der Waals surface area contributed by atoms with Crippen molar-refractivity contribution < 1.29 is 9.84 Å². The highest BCUT2D eigenvalue weighted by Crippen LogP contribution is 2.26. The molecule has 1 aromatic heterocycles. The van der Waals surface area contributed by atoms with Crippen LogP contribution in [0.4, 0.5) is 0 Å². The van der Waals surface area contributed by atoms with Crippen molar-refractivity contribution in [3.63, 3.8) is 0 Å². The molecule has 7 heteroatoms. The maximum atomic E-state index is 9.92. The van der Waals surface area contributed by atoms with Gasteiger partial charge in [-0.25, -0.2) is 4.98 Å². The molecule has 0 fully saturated rings. The summed E-state index contributed by atoms with van der Waals surface area (Å²) in [6.07, 6.45) is 1.14. The lowest BCUT2D eigenvalue weighted by Gasteiger charge is -2.16. The smallest absolute Gasteiger partial charge is 0.121 e. The van der Waals surface area contributed by atoms with Gasteiger partial charge in [-0.1, -0.05) is 23.2 Å². The van der Waals surface area contributed by atoms with Crippen LogP contribution in [-0.4, -0.2) is 29.3 Å². The molecule has 0 bridgehead atoms. The summed E-state index contributed by atoms with van der Waals surface area (Å²) in [4.78, 5) is 4.22. The Morgan fingerprint density at radius 2 is 2.19 bits per heavy atom. The largest absolute Gasteiger partial charge is 0.491 e. The van der Waals surface area contributed by atoms with Gasteiger partial charge >= 0.3 is 0 Å². The van der Waals surface area contributed by atoms with Crippen molar-refractivity contribution in [1.29, 1.82) is 0 Å². The molecule has 1 aromatic carbocycles. The zero-order valence-corrected chi connectivity index (χ0v) is 13.8. The molecular weight excluding hydrogens is 331 g/mol. The molecule has 0 saturated heterocycles. The molecule has 0 aliphatic rings. The molecular formula is C14H16Cl2N2O2S. The molecule has 2 N–H and O–H groups in total. The first-order valence-electron chi connectivity index (χ1n) is 6.45. The highest BCUT2D eigenvalue weighted by Gasteiger charge is 2.11. The lowest BCUT2D eigenvalue weighted by atomic mass is 10.3. The van der Waals surface area contributed by atoms with Crippen LogP contribution in [0.1, 0.15) is 18.0 Å². The van der Waals surface area contributed by atoms with Crippen molar-refractivity contribution in [2.24, 2.45) is 0 Å². The predicted octanol–water partition coefficient (Wildman–Crippen LogP) is 3.54. The lowest BCUT2D eigenvalue weighted by molar-refractivity contribution is 0.104. The second kappa shape index (κ2) is 7.96. The summed E-state index contributed by atoms with van der Waals surface area (Å²) in [5.41, 5.74) is 0. The molecule has 2 aromatic rings. The highest BCUT2D eigenvalue weighted by atomic mass is 35.5. The van der Waals surface area contributed by atoms with Gasteiger partial charge in [0.1, 0.15) is 23.5 Å². The SMILES string of the molecule is CC(NCC(O)COc1ccc(Cl)c(Cl)c1)c1nccs1. The first-order valence-corrected chi connectivity index (χ1v) is 8.08. The fraction of sp³-hybridized carbons (Fsp3) is 0.357. The molecule has 0 aliphatic heterocycles. The molecule has 2 rings (SSSR count). The van der Waals surface area contributed by atoms with Crippen molar-refractivity contribution >= 4 is 34.5 Å². The monoisotopic (exact) mass is 346 g/mol. The van der Waals surface area contributed by atoms with E-state index in [2.05, 4.69) is 10.3 Å². The fourth-order valence-electron chi connectivity index (χ4n) is 1.67. The van der Waals surface area contributed by atoms with E-state index in [4.69, 9.17) is 27.9 Å². The maximum absolute atomic E-state index is 9.92. The lowest BCUT2D eigenvalue weighted by Crippen LogP contribution is -2.33. The number of thiazole rings is 1. The Bertz CT molecular complexity index is 566. The Morgan fingerprint density at radius 3 is 2.86 bits per heavy atom. The predicted molar refractivity (Wildman–Crippen MR) is 86.5 cm³/mol. The second-order valence-corrected chi connectivity index (χ2v) is 6.28. The van der Waals surface area contributed by atoms with Crippen molar-refractivity contribution in [3.8, 4) is 5.75 Å².